The summed E-state index contributed by atoms with van der Waals surface area (Å²) in [6, 6.07) is 6.43. The van der Waals surface area contributed by atoms with Crippen LogP contribution in [0.15, 0.2) is 23.1 Å². The molecule has 2 rings (SSSR count). The van der Waals surface area contributed by atoms with Gasteiger partial charge in [-0.1, -0.05) is 13.8 Å². The second-order valence-electron chi connectivity index (χ2n) is 6.45. The van der Waals surface area contributed by atoms with Gasteiger partial charge in [0, 0.05) is 22.1 Å². The Morgan fingerprint density at radius 1 is 1.48 bits per heavy atom. The molecule has 1 aromatic carbocycles. The standard InChI is InChI=1S/C17H27NO2S/c1-6-9-18(4)13(2)11-17(3)12-21(19)16-8-7-14(20-5)10-15(16)17/h7-8,10,13H,6,9,11-12H2,1-5H3. The monoisotopic (exact) mass is 309 g/mol. The van der Waals surface area contributed by atoms with Crippen LogP contribution in [-0.2, 0) is 16.2 Å². The first-order valence-corrected chi connectivity index (χ1v) is 9.00. The average molecular weight is 309 g/mol. The van der Waals surface area contributed by atoms with Crippen LogP contribution in [0.2, 0.25) is 0 Å². The minimum Gasteiger partial charge on any atom is -0.497 e. The van der Waals surface area contributed by atoms with Gasteiger partial charge < -0.3 is 9.64 Å². The summed E-state index contributed by atoms with van der Waals surface area (Å²) in [5, 5.41) is 0. The summed E-state index contributed by atoms with van der Waals surface area (Å²) in [5.74, 6) is 1.58. The van der Waals surface area contributed by atoms with Crippen molar-refractivity contribution in [3.8, 4) is 5.75 Å². The van der Waals surface area contributed by atoms with Crippen LogP contribution >= 0.6 is 0 Å². The number of hydrogen-bond donors (Lipinski definition) is 0. The van der Waals surface area contributed by atoms with Crippen LogP contribution in [0, 0.1) is 0 Å². The van der Waals surface area contributed by atoms with Crippen LogP contribution in [0.1, 0.15) is 39.2 Å². The number of fused-ring (bicyclic) bond motifs is 1. The molecule has 3 atom stereocenters. The Bertz CT molecular complexity index is 532. The molecular formula is C17H27NO2S. The van der Waals surface area contributed by atoms with Gasteiger partial charge in [-0.2, -0.15) is 0 Å². The lowest BCUT2D eigenvalue weighted by Crippen LogP contribution is -2.37. The van der Waals surface area contributed by atoms with Crippen molar-refractivity contribution in [1.82, 2.24) is 4.90 Å². The van der Waals surface area contributed by atoms with Crippen LogP contribution in [0.4, 0.5) is 0 Å². The molecule has 0 saturated carbocycles. The average Bonchev–Trinajstić information content (AvgIpc) is 2.70. The van der Waals surface area contributed by atoms with Gasteiger partial charge in [-0.3, -0.25) is 4.21 Å². The third-order valence-electron chi connectivity index (χ3n) is 4.61. The molecule has 3 nitrogen and oxygen atoms in total. The normalized spacial score (nSPS) is 25.9. The first-order chi connectivity index (χ1) is 9.91. The number of ether oxygens (including phenoxy) is 1. The molecule has 0 radical (unpaired) electrons. The van der Waals surface area contributed by atoms with Crippen molar-refractivity contribution >= 4 is 10.8 Å². The molecule has 0 bridgehead atoms. The third kappa shape index (κ3) is 3.32. The second kappa shape index (κ2) is 6.49. The highest BCUT2D eigenvalue weighted by molar-refractivity contribution is 7.85. The van der Waals surface area contributed by atoms with Crippen LogP contribution in [0.5, 0.6) is 5.75 Å². The fraction of sp³-hybridized carbons (Fsp3) is 0.647. The molecule has 0 saturated heterocycles. The Labute approximate surface area is 131 Å². The minimum atomic E-state index is -0.885. The predicted octanol–water partition coefficient (Wildman–Crippen LogP) is 3.19. The zero-order valence-electron chi connectivity index (χ0n) is 13.8. The van der Waals surface area contributed by atoms with Gasteiger partial charge in [0.2, 0.25) is 0 Å². The van der Waals surface area contributed by atoms with Crippen molar-refractivity contribution in [3.05, 3.63) is 23.8 Å². The molecule has 1 aliphatic rings. The highest BCUT2D eigenvalue weighted by atomic mass is 32.2. The zero-order valence-corrected chi connectivity index (χ0v) is 14.6. The van der Waals surface area contributed by atoms with E-state index < -0.39 is 10.8 Å². The Morgan fingerprint density at radius 2 is 2.19 bits per heavy atom. The van der Waals surface area contributed by atoms with Gasteiger partial charge >= 0.3 is 0 Å². The van der Waals surface area contributed by atoms with E-state index in [1.807, 2.05) is 12.1 Å². The van der Waals surface area contributed by atoms with E-state index in [0.29, 0.717) is 6.04 Å². The molecule has 0 aliphatic carbocycles. The second-order valence-corrected chi connectivity index (χ2v) is 7.87. The van der Waals surface area contributed by atoms with E-state index >= 15 is 0 Å². The number of nitrogens with zero attached hydrogens (tertiary/aromatic N) is 1. The SMILES string of the molecule is CCCN(C)C(C)CC1(C)CS(=O)c2ccc(OC)cc21. The van der Waals surface area contributed by atoms with E-state index in [2.05, 4.69) is 38.8 Å². The summed E-state index contributed by atoms with van der Waals surface area (Å²) in [7, 11) is 2.97. The third-order valence-corrected chi connectivity index (χ3v) is 6.35. The Kier molecular flexibility index (Phi) is 5.10. The van der Waals surface area contributed by atoms with E-state index in [1.165, 1.54) is 5.56 Å². The van der Waals surface area contributed by atoms with E-state index in [-0.39, 0.29) is 5.41 Å². The van der Waals surface area contributed by atoms with Crippen molar-refractivity contribution in [1.29, 1.82) is 0 Å². The summed E-state index contributed by atoms with van der Waals surface area (Å²) < 4.78 is 17.8. The summed E-state index contributed by atoms with van der Waals surface area (Å²) in [6.45, 7) is 7.81. The van der Waals surface area contributed by atoms with Crippen molar-refractivity contribution in [2.45, 2.75) is 50.0 Å². The molecule has 0 N–H and O–H groups in total. The van der Waals surface area contributed by atoms with E-state index in [4.69, 9.17) is 4.74 Å². The van der Waals surface area contributed by atoms with Crippen molar-refractivity contribution in [2.24, 2.45) is 0 Å². The summed E-state index contributed by atoms with van der Waals surface area (Å²) in [4.78, 5) is 3.38. The molecule has 1 heterocycles. The van der Waals surface area contributed by atoms with Gasteiger partial charge in [-0.05, 0) is 57.1 Å². The summed E-state index contributed by atoms with van der Waals surface area (Å²) in [6.07, 6.45) is 2.18. The lowest BCUT2D eigenvalue weighted by atomic mass is 9.79. The first kappa shape index (κ1) is 16.5. The van der Waals surface area contributed by atoms with Crippen LogP contribution in [0.25, 0.3) is 0 Å². The van der Waals surface area contributed by atoms with Gasteiger partial charge in [0.05, 0.1) is 17.9 Å². The molecule has 3 unspecified atom stereocenters. The fourth-order valence-electron chi connectivity index (χ4n) is 3.30. The molecule has 1 aromatic rings. The number of benzene rings is 1. The van der Waals surface area contributed by atoms with Crippen LogP contribution < -0.4 is 4.74 Å². The van der Waals surface area contributed by atoms with Crippen molar-refractivity contribution < 1.29 is 8.95 Å². The van der Waals surface area contributed by atoms with E-state index in [0.717, 1.165) is 35.8 Å². The number of hydrogen-bond acceptors (Lipinski definition) is 3. The number of methoxy groups -OCH3 is 1. The highest BCUT2D eigenvalue weighted by Gasteiger charge is 2.40. The Morgan fingerprint density at radius 3 is 2.81 bits per heavy atom. The Balaban J connectivity index is 2.27. The van der Waals surface area contributed by atoms with Gasteiger partial charge in [0.1, 0.15) is 5.75 Å². The molecule has 4 heteroatoms. The zero-order chi connectivity index (χ0) is 15.6. The largest absolute Gasteiger partial charge is 0.497 e. The van der Waals surface area contributed by atoms with E-state index in [1.54, 1.807) is 7.11 Å². The fourth-order valence-corrected chi connectivity index (χ4v) is 5.08. The van der Waals surface area contributed by atoms with Crippen LogP contribution in [0.3, 0.4) is 0 Å². The van der Waals surface area contributed by atoms with E-state index in [9.17, 15) is 4.21 Å². The quantitative estimate of drug-likeness (QED) is 0.808. The van der Waals surface area contributed by atoms with Crippen molar-refractivity contribution in [3.63, 3.8) is 0 Å². The smallest absolute Gasteiger partial charge is 0.119 e. The maximum Gasteiger partial charge on any atom is 0.119 e. The Hall–Kier alpha value is -0.870. The number of rotatable bonds is 6. The molecule has 0 spiro atoms. The van der Waals surface area contributed by atoms with Gasteiger partial charge in [-0.15, -0.1) is 0 Å². The molecule has 1 aliphatic heterocycles. The first-order valence-electron chi connectivity index (χ1n) is 7.68. The predicted molar refractivity (Wildman–Crippen MR) is 88.6 cm³/mol. The van der Waals surface area contributed by atoms with Gasteiger partial charge in [0.15, 0.2) is 0 Å². The maximum absolute atomic E-state index is 12.4. The maximum atomic E-state index is 12.4. The summed E-state index contributed by atoms with van der Waals surface area (Å²) in [5.41, 5.74) is 1.17. The lowest BCUT2D eigenvalue weighted by molar-refractivity contribution is 0.217. The molecule has 118 valence electrons. The summed E-state index contributed by atoms with van der Waals surface area (Å²) >= 11 is 0. The molecule has 0 amide bonds. The highest BCUT2D eigenvalue weighted by Crippen LogP contribution is 2.42. The van der Waals surface area contributed by atoms with Crippen LogP contribution in [-0.4, -0.2) is 41.6 Å². The molecular weight excluding hydrogens is 282 g/mol. The van der Waals surface area contributed by atoms with Gasteiger partial charge in [0.25, 0.3) is 0 Å². The lowest BCUT2D eigenvalue weighted by Gasteiger charge is -2.33. The molecule has 21 heavy (non-hydrogen) atoms. The molecule has 0 aromatic heterocycles. The molecule has 0 fully saturated rings. The minimum absolute atomic E-state index is 0.0316. The van der Waals surface area contributed by atoms with Gasteiger partial charge in [-0.25, -0.2) is 0 Å². The topological polar surface area (TPSA) is 29.5 Å². The van der Waals surface area contributed by atoms with Crippen molar-refractivity contribution in [2.75, 3.05) is 26.5 Å².